The van der Waals surface area contributed by atoms with Gasteiger partial charge in [-0.05, 0) is 35.9 Å². The molecule has 120 valence electrons. The van der Waals surface area contributed by atoms with Gasteiger partial charge in [-0.3, -0.25) is 4.79 Å². The van der Waals surface area contributed by atoms with E-state index in [0.717, 1.165) is 15.7 Å². The van der Waals surface area contributed by atoms with Crippen molar-refractivity contribution in [1.82, 2.24) is 0 Å². The first-order chi connectivity index (χ1) is 11.0. The molecule has 2 rings (SSSR count). The van der Waals surface area contributed by atoms with Crippen LogP contribution in [-0.4, -0.2) is 32.8 Å². The van der Waals surface area contributed by atoms with E-state index >= 15 is 0 Å². The van der Waals surface area contributed by atoms with Gasteiger partial charge in [0.25, 0.3) is 5.91 Å². The predicted molar refractivity (Wildman–Crippen MR) is 97.1 cm³/mol. The Morgan fingerprint density at radius 3 is 2.65 bits per heavy atom. The molecule has 0 bridgehead atoms. The Hall–Kier alpha value is -2.34. The monoisotopic (exact) mass is 375 g/mol. The Bertz CT molecular complexity index is 684. The molecule has 2 aromatic rings. The van der Waals surface area contributed by atoms with Crippen LogP contribution in [0.25, 0.3) is 0 Å². The van der Waals surface area contributed by atoms with Gasteiger partial charge >= 0.3 is 0 Å². The number of hydrogen-bond donors (Lipinski definition) is 1. The molecule has 0 aliphatic heterocycles. The number of carbonyl (C=O) groups is 1. The first-order valence-electron chi connectivity index (χ1n) is 7.03. The number of nitrogens with one attached hydrogen (secondary N) is 1. The average molecular weight is 376 g/mol. The van der Waals surface area contributed by atoms with Crippen molar-refractivity contribution in [3.05, 3.63) is 58.6 Å². The number of rotatable bonds is 6. The van der Waals surface area contributed by atoms with Gasteiger partial charge in [-0.1, -0.05) is 39.3 Å². The second kappa shape index (κ2) is 8.33. The van der Waals surface area contributed by atoms with Crippen molar-refractivity contribution in [1.29, 1.82) is 0 Å². The fraction of sp³-hybridized carbons (Fsp3) is 0.176. The molecule has 1 amide bonds. The third-order valence-corrected chi connectivity index (χ3v) is 3.48. The molecule has 1 N–H and O–H groups in total. The molecule has 5 nitrogen and oxygen atoms in total. The number of halogens is 1. The number of nitrogens with zero attached hydrogens (tertiary/aromatic N) is 2. The second-order valence-corrected chi connectivity index (χ2v) is 5.97. The van der Waals surface area contributed by atoms with Gasteiger partial charge in [0.15, 0.2) is 6.61 Å². The van der Waals surface area contributed by atoms with E-state index in [1.165, 1.54) is 0 Å². The first-order valence-corrected chi connectivity index (χ1v) is 7.82. The summed E-state index contributed by atoms with van der Waals surface area (Å²) in [6.07, 6.45) is 1.58. The summed E-state index contributed by atoms with van der Waals surface area (Å²) in [5.74, 6) is -0.261. The van der Waals surface area contributed by atoms with Crippen LogP contribution in [0.2, 0.25) is 0 Å². The Morgan fingerprint density at radius 2 is 2.00 bits per heavy atom. The SMILES string of the molecule is CN(C)c1ccc(/C=N/OCC(=O)Nc2cccc(Br)c2)cc1. The smallest absolute Gasteiger partial charge is 0.265 e. The highest BCUT2D eigenvalue weighted by Gasteiger charge is 2.02. The van der Waals surface area contributed by atoms with Crippen LogP contribution in [0.1, 0.15) is 5.56 Å². The Balaban J connectivity index is 1.78. The molecule has 0 aliphatic carbocycles. The molecule has 0 aliphatic rings. The van der Waals surface area contributed by atoms with Crippen LogP contribution in [0.4, 0.5) is 11.4 Å². The fourth-order valence-electron chi connectivity index (χ4n) is 1.82. The summed E-state index contributed by atoms with van der Waals surface area (Å²) >= 11 is 3.35. The molecule has 0 heterocycles. The van der Waals surface area contributed by atoms with Crippen molar-refractivity contribution in [2.45, 2.75) is 0 Å². The van der Waals surface area contributed by atoms with E-state index in [-0.39, 0.29) is 12.5 Å². The Morgan fingerprint density at radius 1 is 1.26 bits per heavy atom. The zero-order valence-corrected chi connectivity index (χ0v) is 14.6. The highest BCUT2D eigenvalue weighted by atomic mass is 79.9. The molecule has 2 aromatic carbocycles. The van der Waals surface area contributed by atoms with E-state index < -0.39 is 0 Å². The Kier molecular flexibility index (Phi) is 6.17. The van der Waals surface area contributed by atoms with Gasteiger partial charge in [0.2, 0.25) is 0 Å². The fourth-order valence-corrected chi connectivity index (χ4v) is 2.22. The van der Waals surface area contributed by atoms with Gasteiger partial charge in [0, 0.05) is 29.9 Å². The third kappa shape index (κ3) is 5.75. The van der Waals surface area contributed by atoms with E-state index in [4.69, 9.17) is 4.84 Å². The third-order valence-electron chi connectivity index (χ3n) is 2.99. The molecule has 0 saturated heterocycles. The highest BCUT2D eigenvalue weighted by Crippen LogP contribution is 2.15. The maximum atomic E-state index is 11.7. The van der Waals surface area contributed by atoms with Crippen LogP contribution >= 0.6 is 15.9 Å². The van der Waals surface area contributed by atoms with E-state index in [2.05, 4.69) is 26.4 Å². The number of oxime groups is 1. The zero-order valence-electron chi connectivity index (χ0n) is 13.0. The molecule has 6 heteroatoms. The largest absolute Gasteiger partial charge is 0.386 e. The second-order valence-electron chi connectivity index (χ2n) is 5.05. The maximum Gasteiger partial charge on any atom is 0.265 e. The quantitative estimate of drug-likeness (QED) is 0.620. The topological polar surface area (TPSA) is 53.9 Å². The van der Waals surface area contributed by atoms with Gasteiger partial charge in [-0.15, -0.1) is 0 Å². The molecule has 23 heavy (non-hydrogen) atoms. The first kappa shape index (κ1) is 17.0. The maximum absolute atomic E-state index is 11.7. The number of anilines is 2. The highest BCUT2D eigenvalue weighted by molar-refractivity contribution is 9.10. The van der Waals surface area contributed by atoms with Gasteiger partial charge in [-0.2, -0.15) is 0 Å². The predicted octanol–water partition coefficient (Wildman–Crippen LogP) is 3.50. The van der Waals surface area contributed by atoms with Crippen molar-refractivity contribution in [2.24, 2.45) is 5.16 Å². The summed E-state index contributed by atoms with van der Waals surface area (Å²) in [7, 11) is 3.96. The lowest BCUT2D eigenvalue weighted by atomic mass is 10.2. The minimum atomic E-state index is -0.261. The molecule has 0 atom stereocenters. The van der Waals surface area contributed by atoms with Crippen LogP contribution in [0.5, 0.6) is 0 Å². The van der Waals surface area contributed by atoms with Crippen molar-refractivity contribution in [2.75, 3.05) is 30.9 Å². The van der Waals surface area contributed by atoms with Crippen molar-refractivity contribution < 1.29 is 9.63 Å². The molecule has 0 unspecified atom stereocenters. The molecular weight excluding hydrogens is 358 g/mol. The number of hydrogen-bond acceptors (Lipinski definition) is 4. The minimum absolute atomic E-state index is 0.140. The van der Waals surface area contributed by atoms with E-state index in [0.29, 0.717) is 5.69 Å². The van der Waals surface area contributed by atoms with Crippen LogP contribution < -0.4 is 10.2 Å². The molecule has 0 fully saturated rings. The lowest BCUT2D eigenvalue weighted by Gasteiger charge is -2.11. The van der Waals surface area contributed by atoms with Crippen LogP contribution in [0.3, 0.4) is 0 Å². The molecule has 0 radical (unpaired) electrons. The Labute approximate surface area is 144 Å². The normalized spacial score (nSPS) is 10.6. The summed E-state index contributed by atoms with van der Waals surface area (Å²) in [5.41, 5.74) is 2.72. The van der Waals surface area contributed by atoms with Crippen molar-refractivity contribution in [3.8, 4) is 0 Å². The number of benzene rings is 2. The molecule has 0 spiro atoms. The van der Waals surface area contributed by atoms with Gasteiger partial charge < -0.3 is 15.1 Å². The van der Waals surface area contributed by atoms with Crippen molar-refractivity contribution >= 4 is 39.4 Å². The van der Waals surface area contributed by atoms with E-state index in [1.807, 2.05) is 61.5 Å². The number of amides is 1. The van der Waals surface area contributed by atoms with E-state index in [9.17, 15) is 4.79 Å². The molecule has 0 aromatic heterocycles. The van der Waals surface area contributed by atoms with Crippen LogP contribution in [-0.2, 0) is 9.63 Å². The van der Waals surface area contributed by atoms with E-state index in [1.54, 1.807) is 12.3 Å². The summed E-state index contributed by atoms with van der Waals surface area (Å²) in [4.78, 5) is 18.8. The van der Waals surface area contributed by atoms with Crippen LogP contribution in [0, 0.1) is 0 Å². The van der Waals surface area contributed by atoms with Crippen molar-refractivity contribution in [3.63, 3.8) is 0 Å². The minimum Gasteiger partial charge on any atom is -0.386 e. The van der Waals surface area contributed by atoms with Gasteiger partial charge in [-0.25, -0.2) is 0 Å². The molecule has 0 saturated carbocycles. The zero-order chi connectivity index (χ0) is 16.7. The number of carbonyl (C=O) groups excluding carboxylic acids is 1. The standard InChI is InChI=1S/C17H18BrN3O2/c1-21(2)16-8-6-13(7-9-16)11-19-23-12-17(22)20-15-5-3-4-14(18)10-15/h3-11H,12H2,1-2H3,(H,20,22)/b19-11+. The summed E-state index contributed by atoms with van der Waals surface area (Å²) in [6.45, 7) is -0.140. The summed E-state index contributed by atoms with van der Waals surface area (Å²) < 4.78 is 0.899. The van der Waals surface area contributed by atoms with Gasteiger partial charge in [0.1, 0.15) is 0 Å². The lowest BCUT2D eigenvalue weighted by molar-refractivity contribution is -0.120. The average Bonchev–Trinajstić information content (AvgIpc) is 2.52. The summed E-state index contributed by atoms with van der Waals surface area (Å²) in [6, 6.07) is 15.2. The summed E-state index contributed by atoms with van der Waals surface area (Å²) in [5, 5.41) is 6.53. The lowest BCUT2D eigenvalue weighted by Crippen LogP contribution is -2.16. The molecular formula is C17H18BrN3O2. The van der Waals surface area contributed by atoms with Crippen LogP contribution in [0.15, 0.2) is 58.2 Å². The van der Waals surface area contributed by atoms with Gasteiger partial charge in [0.05, 0.1) is 6.21 Å².